The number of anilines is 2. The lowest BCUT2D eigenvalue weighted by molar-refractivity contribution is 0.0398. The molecule has 1 aliphatic carbocycles. The minimum absolute atomic E-state index is 0.711. The monoisotopic (exact) mass is 331 g/mol. The second kappa shape index (κ2) is 9.59. The zero-order chi connectivity index (χ0) is 16.5. The molecule has 1 saturated heterocycles. The molecule has 0 radical (unpaired) electrons. The van der Waals surface area contributed by atoms with Gasteiger partial charge >= 0.3 is 0 Å². The molecular formula is C18H29N5O. The van der Waals surface area contributed by atoms with Crippen LogP contribution in [0.3, 0.4) is 0 Å². The van der Waals surface area contributed by atoms with Crippen LogP contribution in [0.1, 0.15) is 32.1 Å². The molecule has 1 aromatic rings. The van der Waals surface area contributed by atoms with E-state index in [9.17, 15) is 0 Å². The van der Waals surface area contributed by atoms with Crippen LogP contribution >= 0.6 is 0 Å². The highest BCUT2D eigenvalue weighted by atomic mass is 16.5. The number of rotatable bonds is 8. The molecule has 1 aromatic heterocycles. The van der Waals surface area contributed by atoms with Gasteiger partial charge in [0.15, 0.2) is 0 Å². The smallest absolute Gasteiger partial charge is 0.224 e. The Morgan fingerprint density at radius 1 is 1.12 bits per heavy atom. The van der Waals surface area contributed by atoms with Gasteiger partial charge in [0.05, 0.1) is 13.2 Å². The normalized spacial score (nSPS) is 18.9. The number of aromatic nitrogens is 2. The Labute approximate surface area is 144 Å². The Hall–Kier alpha value is -1.66. The van der Waals surface area contributed by atoms with Gasteiger partial charge in [-0.3, -0.25) is 4.90 Å². The van der Waals surface area contributed by atoms with Gasteiger partial charge in [-0.05, 0) is 38.2 Å². The Morgan fingerprint density at radius 2 is 2.04 bits per heavy atom. The van der Waals surface area contributed by atoms with Crippen molar-refractivity contribution in [2.45, 2.75) is 32.1 Å². The zero-order valence-corrected chi connectivity index (χ0v) is 14.5. The van der Waals surface area contributed by atoms with Crippen molar-refractivity contribution in [2.24, 2.45) is 0 Å². The van der Waals surface area contributed by atoms with Crippen LogP contribution in [0.5, 0.6) is 0 Å². The molecule has 6 nitrogen and oxygen atoms in total. The molecule has 0 amide bonds. The summed E-state index contributed by atoms with van der Waals surface area (Å²) >= 11 is 0. The highest BCUT2D eigenvalue weighted by molar-refractivity contribution is 5.39. The van der Waals surface area contributed by atoms with Crippen LogP contribution in [-0.4, -0.2) is 60.8 Å². The van der Waals surface area contributed by atoms with E-state index in [2.05, 4.69) is 31.6 Å². The van der Waals surface area contributed by atoms with Gasteiger partial charge in [0.25, 0.3) is 0 Å². The predicted octanol–water partition coefficient (Wildman–Crippen LogP) is 2.52. The Bertz CT molecular complexity index is 528. The van der Waals surface area contributed by atoms with Crippen LogP contribution in [0.25, 0.3) is 0 Å². The van der Waals surface area contributed by atoms with Gasteiger partial charge in [-0.15, -0.1) is 0 Å². The van der Waals surface area contributed by atoms with E-state index in [0.717, 1.165) is 58.2 Å². The Morgan fingerprint density at radius 3 is 2.88 bits per heavy atom. The average Bonchev–Trinajstić information content (AvgIpc) is 2.64. The fraction of sp³-hybridized carbons (Fsp3) is 0.667. The summed E-state index contributed by atoms with van der Waals surface area (Å²) in [6, 6.07) is 1.92. The van der Waals surface area contributed by atoms with Crippen molar-refractivity contribution < 1.29 is 4.74 Å². The van der Waals surface area contributed by atoms with Gasteiger partial charge in [-0.25, -0.2) is 4.98 Å². The molecule has 2 heterocycles. The van der Waals surface area contributed by atoms with Crippen molar-refractivity contribution in [1.29, 1.82) is 0 Å². The molecule has 0 aromatic carbocycles. The zero-order valence-electron chi connectivity index (χ0n) is 14.5. The maximum absolute atomic E-state index is 5.37. The third kappa shape index (κ3) is 5.76. The topological polar surface area (TPSA) is 62.3 Å². The first-order chi connectivity index (χ1) is 11.9. The summed E-state index contributed by atoms with van der Waals surface area (Å²) in [6.45, 7) is 6.55. The first-order valence-electron chi connectivity index (χ1n) is 9.19. The number of nitrogens with one attached hydrogen (secondary N) is 2. The fourth-order valence-electron chi connectivity index (χ4n) is 3.18. The highest BCUT2D eigenvalue weighted by Gasteiger charge is 2.09. The number of hydrogen-bond acceptors (Lipinski definition) is 6. The van der Waals surface area contributed by atoms with E-state index in [4.69, 9.17) is 4.74 Å². The average molecular weight is 331 g/mol. The second-order valence-corrected chi connectivity index (χ2v) is 6.43. The maximum Gasteiger partial charge on any atom is 0.224 e. The minimum atomic E-state index is 0.711. The van der Waals surface area contributed by atoms with Crippen LogP contribution in [0.4, 0.5) is 11.8 Å². The minimum Gasteiger partial charge on any atom is -0.379 e. The van der Waals surface area contributed by atoms with Crippen LogP contribution in [0.15, 0.2) is 23.9 Å². The van der Waals surface area contributed by atoms with E-state index >= 15 is 0 Å². The molecular weight excluding hydrogens is 302 g/mol. The van der Waals surface area contributed by atoms with Crippen molar-refractivity contribution in [2.75, 3.05) is 56.6 Å². The molecule has 0 spiro atoms. The Kier molecular flexibility index (Phi) is 6.86. The second-order valence-electron chi connectivity index (χ2n) is 6.43. The SMILES string of the molecule is C1=C(CCNc2nccc(NCCN3CCOCC3)n2)CCCC1. The van der Waals surface area contributed by atoms with Crippen LogP contribution < -0.4 is 10.6 Å². The number of allylic oxidation sites excluding steroid dienone is 1. The molecule has 1 aliphatic heterocycles. The largest absolute Gasteiger partial charge is 0.379 e. The summed E-state index contributed by atoms with van der Waals surface area (Å²) in [6.07, 6.45) is 10.5. The van der Waals surface area contributed by atoms with Crippen molar-refractivity contribution >= 4 is 11.8 Å². The van der Waals surface area contributed by atoms with Crippen LogP contribution in [0.2, 0.25) is 0 Å². The summed E-state index contributed by atoms with van der Waals surface area (Å²) in [5.74, 6) is 1.60. The quantitative estimate of drug-likeness (QED) is 0.714. The first-order valence-corrected chi connectivity index (χ1v) is 9.19. The van der Waals surface area contributed by atoms with E-state index in [1.165, 1.54) is 25.7 Å². The maximum atomic E-state index is 5.37. The number of hydrogen-bond donors (Lipinski definition) is 2. The molecule has 2 aliphatic rings. The summed E-state index contributed by atoms with van der Waals surface area (Å²) in [5, 5.41) is 6.73. The number of nitrogens with zero attached hydrogens (tertiary/aromatic N) is 3. The van der Waals surface area contributed by atoms with Crippen LogP contribution in [-0.2, 0) is 4.74 Å². The highest BCUT2D eigenvalue weighted by Crippen LogP contribution is 2.19. The summed E-state index contributed by atoms with van der Waals surface area (Å²) in [5.41, 5.74) is 1.58. The number of ether oxygens (including phenoxy) is 1. The van der Waals surface area contributed by atoms with E-state index in [1.54, 1.807) is 5.57 Å². The molecule has 0 unspecified atom stereocenters. The lowest BCUT2D eigenvalue weighted by Gasteiger charge is -2.26. The van der Waals surface area contributed by atoms with Gasteiger partial charge in [-0.1, -0.05) is 11.6 Å². The van der Waals surface area contributed by atoms with Gasteiger partial charge in [0.2, 0.25) is 5.95 Å². The summed E-state index contributed by atoms with van der Waals surface area (Å²) in [4.78, 5) is 11.3. The van der Waals surface area contributed by atoms with Crippen molar-refractivity contribution in [3.63, 3.8) is 0 Å². The molecule has 6 heteroatoms. The number of morpholine rings is 1. The molecule has 3 rings (SSSR count). The van der Waals surface area contributed by atoms with Gasteiger partial charge in [0, 0.05) is 38.9 Å². The molecule has 2 N–H and O–H groups in total. The molecule has 0 saturated carbocycles. The van der Waals surface area contributed by atoms with Gasteiger partial charge in [0.1, 0.15) is 5.82 Å². The fourth-order valence-corrected chi connectivity index (χ4v) is 3.18. The van der Waals surface area contributed by atoms with Crippen molar-refractivity contribution in [3.05, 3.63) is 23.9 Å². The van der Waals surface area contributed by atoms with Gasteiger partial charge < -0.3 is 15.4 Å². The van der Waals surface area contributed by atoms with E-state index < -0.39 is 0 Å². The molecule has 0 atom stereocenters. The molecule has 24 heavy (non-hydrogen) atoms. The van der Waals surface area contributed by atoms with E-state index in [1.807, 2.05) is 12.3 Å². The molecule has 132 valence electrons. The van der Waals surface area contributed by atoms with Gasteiger partial charge in [-0.2, -0.15) is 4.98 Å². The van der Waals surface area contributed by atoms with Crippen molar-refractivity contribution in [3.8, 4) is 0 Å². The summed E-state index contributed by atoms with van der Waals surface area (Å²) in [7, 11) is 0. The third-order valence-electron chi connectivity index (χ3n) is 4.61. The standard InChI is InChI=1S/C18H29N5O/c1-2-4-16(5-3-1)6-8-20-18-21-9-7-17(22-18)19-10-11-23-12-14-24-15-13-23/h4,7,9H,1-3,5-6,8,10-15H2,(H2,19,20,21,22). The molecule has 0 bridgehead atoms. The van der Waals surface area contributed by atoms with Crippen molar-refractivity contribution in [1.82, 2.24) is 14.9 Å². The first kappa shape index (κ1) is 17.2. The van der Waals surface area contributed by atoms with E-state index in [-0.39, 0.29) is 0 Å². The Balaban J connectivity index is 1.37. The third-order valence-corrected chi connectivity index (χ3v) is 4.61. The van der Waals surface area contributed by atoms with Crippen LogP contribution in [0, 0.1) is 0 Å². The summed E-state index contributed by atoms with van der Waals surface area (Å²) < 4.78 is 5.37. The molecule has 1 fully saturated rings. The predicted molar refractivity (Wildman–Crippen MR) is 97.4 cm³/mol. The van der Waals surface area contributed by atoms with E-state index in [0.29, 0.717) is 5.95 Å². The lowest BCUT2D eigenvalue weighted by atomic mass is 9.97. The lowest BCUT2D eigenvalue weighted by Crippen LogP contribution is -2.39.